The van der Waals surface area contributed by atoms with E-state index < -0.39 is 24.4 Å². The van der Waals surface area contributed by atoms with Gasteiger partial charge in [-0.1, -0.05) is 37.1 Å². The van der Waals surface area contributed by atoms with E-state index in [1.165, 1.54) is 11.1 Å². The van der Waals surface area contributed by atoms with Gasteiger partial charge in [-0.15, -0.1) is 0 Å². The summed E-state index contributed by atoms with van der Waals surface area (Å²) < 4.78 is 6.17. The summed E-state index contributed by atoms with van der Waals surface area (Å²) in [5.74, 6) is -0.500. The number of rotatable bonds is 5. The molecule has 1 aromatic carbocycles. The Hall–Kier alpha value is -2.45. The minimum atomic E-state index is -0.689. The number of amides is 3. The molecule has 2 aliphatic carbocycles. The van der Waals surface area contributed by atoms with Crippen LogP contribution in [0.2, 0.25) is 0 Å². The molecule has 2 saturated heterocycles. The average molecular weight is 483 g/mol. The van der Waals surface area contributed by atoms with E-state index >= 15 is 0 Å². The van der Waals surface area contributed by atoms with E-state index in [9.17, 15) is 14.4 Å². The highest BCUT2D eigenvalue weighted by atomic mass is 16.5. The second-order valence-electron chi connectivity index (χ2n) is 10.8. The lowest BCUT2D eigenvalue weighted by molar-refractivity contribution is -0.150. The van der Waals surface area contributed by atoms with Crippen molar-refractivity contribution in [2.75, 3.05) is 13.7 Å². The van der Waals surface area contributed by atoms with Gasteiger partial charge in [-0.05, 0) is 57.2 Å². The van der Waals surface area contributed by atoms with Crippen LogP contribution >= 0.6 is 0 Å². The Labute approximate surface area is 207 Å². The molecule has 2 unspecified atom stereocenters. The van der Waals surface area contributed by atoms with Crippen molar-refractivity contribution >= 4 is 17.7 Å². The number of nitrogens with zero attached hydrogens (tertiary/aromatic N) is 1. The average Bonchev–Trinajstić information content (AvgIpc) is 3.43. The van der Waals surface area contributed by atoms with Crippen molar-refractivity contribution in [1.29, 1.82) is 0 Å². The number of carbonyl (C=O) groups is 3. The zero-order valence-corrected chi connectivity index (χ0v) is 20.8. The molecule has 3 N–H and O–H groups in total. The van der Waals surface area contributed by atoms with Crippen LogP contribution in [0.15, 0.2) is 24.3 Å². The van der Waals surface area contributed by atoms with Gasteiger partial charge in [0.1, 0.15) is 18.3 Å². The third kappa shape index (κ3) is 4.47. The molecule has 1 aromatic rings. The maximum atomic E-state index is 14.0. The molecule has 0 radical (unpaired) electrons. The zero-order valence-electron chi connectivity index (χ0n) is 20.8. The van der Waals surface area contributed by atoms with Crippen molar-refractivity contribution in [1.82, 2.24) is 20.9 Å². The van der Waals surface area contributed by atoms with Gasteiger partial charge in [0.05, 0.1) is 18.7 Å². The number of hydrogen-bond donors (Lipinski definition) is 3. The van der Waals surface area contributed by atoms with Gasteiger partial charge in [-0.3, -0.25) is 14.4 Å². The van der Waals surface area contributed by atoms with Crippen LogP contribution in [0.25, 0.3) is 0 Å². The summed E-state index contributed by atoms with van der Waals surface area (Å²) in [4.78, 5) is 42.1. The highest BCUT2D eigenvalue weighted by molar-refractivity contribution is 5.94. The molecule has 1 saturated carbocycles. The second-order valence-corrected chi connectivity index (χ2v) is 10.8. The van der Waals surface area contributed by atoms with E-state index in [-0.39, 0.29) is 29.2 Å². The molecule has 35 heavy (non-hydrogen) atoms. The molecule has 3 amide bonds. The predicted octanol–water partition coefficient (Wildman–Crippen LogP) is 2.18. The first kappa shape index (κ1) is 24.3. The zero-order chi connectivity index (χ0) is 24.6. The van der Waals surface area contributed by atoms with Crippen LogP contribution in [-0.4, -0.2) is 60.6 Å². The van der Waals surface area contributed by atoms with Crippen LogP contribution in [-0.2, 0) is 25.5 Å². The molecule has 2 heterocycles. The fourth-order valence-corrected chi connectivity index (χ4v) is 6.73. The van der Waals surface area contributed by atoms with Crippen LogP contribution < -0.4 is 16.0 Å². The number of aryl methyl sites for hydroxylation is 1. The minimum Gasteiger partial charge on any atom is -0.358 e. The molecular weight excluding hydrogens is 444 g/mol. The fraction of sp³-hybridized carbons (Fsp3) is 0.667. The number of benzene rings is 1. The van der Waals surface area contributed by atoms with Crippen LogP contribution in [0.1, 0.15) is 75.5 Å². The lowest BCUT2D eigenvalue weighted by Crippen LogP contribution is -2.58. The molecule has 2 aliphatic heterocycles. The standard InChI is InChI=1S/C27H38N4O4/c1-17(28-2)24(32)30-21-12-15-35-22-16-27(13-5-6-14-27)23(31(22)26(21)34)25(33)29-20-11-7-9-18-8-3-4-10-19(18)20/h3-4,8,10,17,20-23,28H,5-7,9,11-16H2,1-2H3,(H,29,33)(H,30,32)/t17-,20+,21-,22?,23?/m0/s1. The maximum Gasteiger partial charge on any atom is 0.247 e. The van der Waals surface area contributed by atoms with E-state index in [1.54, 1.807) is 18.9 Å². The molecule has 5 atom stereocenters. The Kier molecular flexibility index (Phi) is 6.86. The minimum absolute atomic E-state index is 0.0417. The first-order valence-electron chi connectivity index (χ1n) is 13.2. The highest BCUT2D eigenvalue weighted by Gasteiger charge is 2.59. The fourth-order valence-electron chi connectivity index (χ4n) is 6.73. The van der Waals surface area contributed by atoms with Gasteiger partial charge in [-0.2, -0.15) is 0 Å². The van der Waals surface area contributed by atoms with Crippen LogP contribution in [0.5, 0.6) is 0 Å². The van der Waals surface area contributed by atoms with Crippen LogP contribution in [0, 0.1) is 5.41 Å². The normalized spacial score (nSPS) is 30.3. The van der Waals surface area contributed by atoms with Gasteiger partial charge in [-0.25, -0.2) is 0 Å². The van der Waals surface area contributed by atoms with Gasteiger partial charge in [0.25, 0.3) is 0 Å². The van der Waals surface area contributed by atoms with Crippen LogP contribution in [0.3, 0.4) is 0 Å². The third-order valence-electron chi connectivity index (χ3n) is 8.70. The van der Waals surface area contributed by atoms with E-state index in [1.807, 2.05) is 6.07 Å². The molecule has 0 aromatic heterocycles. The number of likely N-dealkylation sites (N-methyl/N-ethyl adjacent to an activating group) is 1. The number of hydrogen-bond acceptors (Lipinski definition) is 5. The van der Waals surface area contributed by atoms with Gasteiger partial charge < -0.3 is 25.6 Å². The Morgan fingerprint density at radius 2 is 1.86 bits per heavy atom. The molecule has 8 heteroatoms. The summed E-state index contributed by atoms with van der Waals surface area (Å²) >= 11 is 0. The largest absolute Gasteiger partial charge is 0.358 e. The maximum absolute atomic E-state index is 14.0. The highest BCUT2D eigenvalue weighted by Crippen LogP contribution is 2.53. The van der Waals surface area contributed by atoms with Crippen molar-refractivity contribution in [3.63, 3.8) is 0 Å². The van der Waals surface area contributed by atoms with E-state index in [4.69, 9.17) is 4.74 Å². The van der Waals surface area contributed by atoms with Crippen molar-refractivity contribution in [3.05, 3.63) is 35.4 Å². The van der Waals surface area contributed by atoms with Gasteiger partial charge in [0, 0.05) is 18.3 Å². The van der Waals surface area contributed by atoms with E-state index in [2.05, 4.69) is 34.1 Å². The summed E-state index contributed by atoms with van der Waals surface area (Å²) in [6.45, 7) is 2.14. The molecule has 0 bridgehead atoms. The van der Waals surface area contributed by atoms with Crippen molar-refractivity contribution < 1.29 is 19.1 Å². The van der Waals surface area contributed by atoms with Crippen molar-refractivity contribution in [3.8, 4) is 0 Å². The van der Waals surface area contributed by atoms with Crippen molar-refractivity contribution in [2.45, 2.75) is 95.1 Å². The van der Waals surface area contributed by atoms with Crippen molar-refractivity contribution in [2.24, 2.45) is 5.41 Å². The lowest BCUT2D eigenvalue weighted by atomic mass is 9.77. The quantitative estimate of drug-likeness (QED) is 0.598. The summed E-state index contributed by atoms with van der Waals surface area (Å²) in [5, 5.41) is 9.16. The number of nitrogens with one attached hydrogen (secondary N) is 3. The molecule has 4 aliphatic rings. The van der Waals surface area contributed by atoms with Gasteiger partial charge in [0.2, 0.25) is 17.7 Å². The van der Waals surface area contributed by atoms with E-state index in [0.717, 1.165) is 44.9 Å². The number of ether oxygens (including phenoxy) is 1. The van der Waals surface area contributed by atoms with Gasteiger partial charge in [0.15, 0.2) is 0 Å². The smallest absolute Gasteiger partial charge is 0.247 e. The number of fused-ring (bicyclic) bond motifs is 2. The van der Waals surface area contributed by atoms with E-state index in [0.29, 0.717) is 19.4 Å². The monoisotopic (exact) mass is 482 g/mol. The second kappa shape index (κ2) is 9.90. The molecule has 3 fully saturated rings. The summed E-state index contributed by atoms with van der Waals surface area (Å²) in [6, 6.07) is 6.61. The molecule has 8 nitrogen and oxygen atoms in total. The Balaban J connectivity index is 1.42. The number of carbonyl (C=O) groups excluding carboxylic acids is 3. The molecule has 5 rings (SSSR count). The summed E-state index contributed by atoms with van der Waals surface area (Å²) in [7, 11) is 1.71. The topological polar surface area (TPSA) is 99.8 Å². The van der Waals surface area contributed by atoms with Gasteiger partial charge >= 0.3 is 0 Å². The molecule has 190 valence electrons. The Morgan fingerprint density at radius 1 is 1.09 bits per heavy atom. The third-order valence-corrected chi connectivity index (χ3v) is 8.70. The Bertz CT molecular complexity index is 976. The first-order valence-corrected chi connectivity index (χ1v) is 13.2. The van der Waals surface area contributed by atoms with Crippen LogP contribution in [0.4, 0.5) is 0 Å². The SMILES string of the molecule is CN[C@@H](C)C(=O)N[C@H]1CCOC2CC3(CCCC3)C(C(=O)N[C@@H]3CCCc4ccccc43)N2C1=O. The first-order chi connectivity index (χ1) is 16.9. The lowest BCUT2D eigenvalue weighted by Gasteiger charge is -2.37. The molecule has 1 spiro atoms. The predicted molar refractivity (Wildman–Crippen MR) is 131 cm³/mol. The summed E-state index contributed by atoms with van der Waals surface area (Å²) in [5.41, 5.74) is 2.22. The summed E-state index contributed by atoms with van der Waals surface area (Å²) in [6.07, 6.45) is 7.60. The molecular formula is C27H38N4O4. The Morgan fingerprint density at radius 3 is 2.63 bits per heavy atom.